The fourth-order valence-corrected chi connectivity index (χ4v) is 3.52. The first-order valence-corrected chi connectivity index (χ1v) is 8.27. The van der Waals surface area contributed by atoms with E-state index in [2.05, 4.69) is 28.2 Å². The Hall–Kier alpha value is -1.13. The quantitative estimate of drug-likeness (QED) is 0.873. The summed E-state index contributed by atoms with van der Waals surface area (Å²) >= 11 is 0. The maximum absolute atomic E-state index is 5.42. The van der Waals surface area contributed by atoms with E-state index in [9.17, 15) is 0 Å². The third-order valence-corrected chi connectivity index (χ3v) is 4.76. The van der Waals surface area contributed by atoms with Crippen LogP contribution < -0.4 is 10.1 Å². The second kappa shape index (κ2) is 6.75. The van der Waals surface area contributed by atoms with E-state index in [1.807, 2.05) is 6.07 Å². The summed E-state index contributed by atoms with van der Waals surface area (Å²) in [5, 5.41) is 3.75. The number of methoxy groups -OCH3 is 1. The van der Waals surface area contributed by atoms with Crippen LogP contribution in [0.1, 0.15) is 38.2 Å². The molecule has 0 radical (unpaired) electrons. The third-order valence-electron chi connectivity index (χ3n) is 4.76. The van der Waals surface area contributed by atoms with Gasteiger partial charge in [0.2, 0.25) is 5.88 Å². The molecule has 1 saturated heterocycles. The Morgan fingerprint density at radius 2 is 2.29 bits per heavy atom. The monoisotopic (exact) mass is 289 g/mol. The molecule has 2 fully saturated rings. The molecular formula is C17H27N3O. The second-order valence-electron chi connectivity index (χ2n) is 6.40. The van der Waals surface area contributed by atoms with E-state index in [1.165, 1.54) is 31.2 Å². The maximum atomic E-state index is 5.42. The molecule has 4 nitrogen and oxygen atoms in total. The van der Waals surface area contributed by atoms with Gasteiger partial charge in [-0.1, -0.05) is 19.4 Å². The van der Waals surface area contributed by atoms with Crippen molar-refractivity contribution in [2.24, 2.45) is 5.92 Å². The zero-order chi connectivity index (χ0) is 14.7. The van der Waals surface area contributed by atoms with Gasteiger partial charge in [0.1, 0.15) is 0 Å². The highest BCUT2D eigenvalue weighted by molar-refractivity contribution is 5.25. The standard InChI is InChI=1S/C17H27N3O/c1-3-5-15-12-20(16(10-19-15)13-7-8-13)11-14-6-4-9-18-17(14)21-2/h4,6,9,13,15-16,19H,3,5,7-8,10-12H2,1-2H3. The topological polar surface area (TPSA) is 37.4 Å². The van der Waals surface area contributed by atoms with Crippen LogP contribution >= 0.6 is 0 Å². The molecule has 2 unspecified atom stereocenters. The number of aromatic nitrogens is 1. The number of nitrogens with one attached hydrogen (secondary N) is 1. The molecule has 0 aromatic carbocycles. The summed E-state index contributed by atoms with van der Waals surface area (Å²) < 4.78 is 5.42. The van der Waals surface area contributed by atoms with Gasteiger partial charge in [0.05, 0.1) is 7.11 Å². The van der Waals surface area contributed by atoms with Crippen LogP contribution in [0.4, 0.5) is 0 Å². The van der Waals surface area contributed by atoms with Crippen LogP contribution in [0.5, 0.6) is 5.88 Å². The fourth-order valence-electron chi connectivity index (χ4n) is 3.52. The lowest BCUT2D eigenvalue weighted by atomic mass is 10.0. The van der Waals surface area contributed by atoms with Crippen molar-refractivity contribution in [2.75, 3.05) is 20.2 Å². The molecule has 0 amide bonds. The Kier molecular flexibility index (Phi) is 4.76. The second-order valence-corrected chi connectivity index (χ2v) is 6.40. The molecule has 1 aromatic rings. The van der Waals surface area contributed by atoms with Crippen molar-refractivity contribution in [1.82, 2.24) is 15.2 Å². The van der Waals surface area contributed by atoms with Gasteiger partial charge in [-0.2, -0.15) is 0 Å². The normalized spacial score (nSPS) is 26.8. The number of rotatable bonds is 6. The molecule has 2 heterocycles. The van der Waals surface area contributed by atoms with E-state index in [0.29, 0.717) is 12.1 Å². The van der Waals surface area contributed by atoms with Gasteiger partial charge in [0, 0.05) is 43.5 Å². The van der Waals surface area contributed by atoms with Gasteiger partial charge in [-0.05, 0) is 31.2 Å². The number of ether oxygens (including phenoxy) is 1. The Morgan fingerprint density at radius 1 is 1.43 bits per heavy atom. The van der Waals surface area contributed by atoms with Crippen molar-refractivity contribution in [3.05, 3.63) is 23.9 Å². The molecule has 1 N–H and O–H groups in total. The van der Waals surface area contributed by atoms with Crippen molar-refractivity contribution in [3.63, 3.8) is 0 Å². The summed E-state index contributed by atoms with van der Waals surface area (Å²) in [7, 11) is 1.71. The number of pyridine rings is 1. The fraction of sp³-hybridized carbons (Fsp3) is 0.706. The summed E-state index contributed by atoms with van der Waals surface area (Å²) in [4.78, 5) is 7.00. The summed E-state index contributed by atoms with van der Waals surface area (Å²) in [5.74, 6) is 1.67. The molecular weight excluding hydrogens is 262 g/mol. The molecule has 1 aliphatic heterocycles. The molecule has 0 bridgehead atoms. The first kappa shape index (κ1) is 14.8. The van der Waals surface area contributed by atoms with Gasteiger partial charge in [-0.15, -0.1) is 0 Å². The van der Waals surface area contributed by atoms with Crippen molar-refractivity contribution in [2.45, 2.75) is 51.2 Å². The van der Waals surface area contributed by atoms with Crippen LogP contribution in [0.3, 0.4) is 0 Å². The Labute approximate surface area is 127 Å². The summed E-state index contributed by atoms with van der Waals surface area (Å²) in [6, 6.07) is 5.47. The van der Waals surface area contributed by atoms with Gasteiger partial charge in [0.25, 0.3) is 0 Å². The average molecular weight is 289 g/mol. The van der Waals surface area contributed by atoms with Crippen molar-refractivity contribution < 1.29 is 4.74 Å². The van der Waals surface area contributed by atoms with Crippen LogP contribution in [-0.4, -0.2) is 42.2 Å². The van der Waals surface area contributed by atoms with Crippen LogP contribution in [0.15, 0.2) is 18.3 Å². The number of hydrogen-bond donors (Lipinski definition) is 1. The lowest BCUT2D eigenvalue weighted by molar-refractivity contribution is 0.103. The van der Waals surface area contributed by atoms with Gasteiger partial charge in [0.15, 0.2) is 0 Å². The van der Waals surface area contributed by atoms with Crippen LogP contribution in [-0.2, 0) is 6.54 Å². The maximum Gasteiger partial charge on any atom is 0.217 e. The zero-order valence-corrected chi connectivity index (χ0v) is 13.2. The Morgan fingerprint density at radius 3 is 3.00 bits per heavy atom. The average Bonchev–Trinajstić information content (AvgIpc) is 3.33. The minimum Gasteiger partial charge on any atom is -0.481 e. The van der Waals surface area contributed by atoms with E-state index in [-0.39, 0.29) is 0 Å². The first-order chi connectivity index (χ1) is 10.3. The lowest BCUT2D eigenvalue weighted by Crippen LogP contribution is -2.56. The summed E-state index contributed by atoms with van der Waals surface area (Å²) in [6.07, 6.45) is 7.10. The van der Waals surface area contributed by atoms with Gasteiger partial charge < -0.3 is 10.1 Å². The zero-order valence-electron chi connectivity index (χ0n) is 13.2. The SMILES string of the molecule is CCCC1CN(Cc2cccnc2OC)C(C2CC2)CN1. The molecule has 116 valence electrons. The van der Waals surface area contributed by atoms with E-state index in [4.69, 9.17) is 4.74 Å². The third kappa shape index (κ3) is 3.55. The number of hydrogen-bond acceptors (Lipinski definition) is 4. The van der Waals surface area contributed by atoms with E-state index < -0.39 is 0 Å². The number of piperazine rings is 1. The first-order valence-electron chi connectivity index (χ1n) is 8.27. The molecule has 2 aliphatic rings. The number of nitrogens with zero attached hydrogens (tertiary/aromatic N) is 2. The van der Waals surface area contributed by atoms with Crippen LogP contribution in [0.25, 0.3) is 0 Å². The lowest BCUT2D eigenvalue weighted by Gasteiger charge is -2.41. The molecule has 1 aliphatic carbocycles. The van der Waals surface area contributed by atoms with Gasteiger partial charge in [-0.3, -0.25) is 4.90 Å². The molecule has 1 aromatic heterocycles. The van der Waals surface area contributed by atoms with Crippen molar-refractivity contribution in [1.29, 1.82) is 0 Å². The van der Waals surface area contributed by atoms with Crippen molar-refractivity contribution in [3.8, 4) is 5.88 Å². The Bertz CT molecular complexity index is 461. The molecule has 3 rings (SSSR count). The summed E-state index contributed by atoms with van der Waals surface area (Å²) in [5.41, 5.74) is 1.21. The predicted octanol–water partition coefficient (Wildman–Crippen LogP) is 2.44. The molecule has 1 saturated carbocycles. The summed E-state index contributed by atoms with van der Waals surface area (Å²) in [6.45, 7) is 5.51. The highest BCUT2D eigenvalue weighted by Gasteiger charge is 2.38. The molecule has 2 atom stereocenters. The smallest absolute Gasteiger partial charge is 0.217 e. The van der Waals surface area contributed by atoms with Crippen LogP contribution in [0, 0.1) is 5.92 Å². The molecule has 4 heteroatoms. The van der Waals surface area contributed by atoms with Crippen molar-refractivity contribution >= 4 is 0 Å². The Balaban J connectivity index is 1.72. The van der Waals surface area contributed by atoms with E-state index >= 15 is 0 Å². The van der Waals surface area contributed by atoms with Crippen LogP contribution in [0.2, 0.25) is 0 Å². The predicted molar refractivity (Wildman–Crippen MR) is 84.4 cm³/mol. The van der Waals surface area contributed by atoms with Gasteiger partial charge >= 0.3 is 0 Å². The van der Waals surface area contributed by atoms with E-state index in [0.717, 1.165) is 31.4 Å². The minimum atomic E-state index is 0.632. The largest absolute Gasteiger partial charge is 0.481 e. The van der Waals surface area contributed by atoms with E-state index in [1.54, 1.807) is 13.3 Å². The highest BCUT2D eigenvalue weighted by atomic mass is 16.5. The molecule has 0 spiro atoms. The van der Waals surface area contributed by atoms with Gasteiger partial charge in [-0.25, -0.2) is 4.98 Å². The minimum absolute atomic E-state index is 0.632. The molecule has 21 heavy (non-hydrogen) atoms. The highest BCUT2D eigenvalue weighted by Crippen LogP contribution is 2.37.